The number of benzene rings is 2. The van der Waals surface area contributed by atoms with Crippen molar-refractivity contribution in [2.45, 2.75) is 38.6 Å². The summed E-state index contributed by atoms with van der Waals surface area (Å²) in [6, 6.07) is 20.7. The second-order valence-electron chi connectivity index (χ2n) is 6.16. The van der Waals surface area contributed by atoms with Crippen LogP contribution in [0.2, 0.25) is 0 Å². The van der Waals surface area contributed by atoms with Crippen LogP contribution in [0.3, 0.4) is 0 Å². The van der Waals surface area contributed by atoms with Gasteiger partial charge in [-0.05, 0) is 36.5 Å². The molecule has 0 heterocycles. The van der Waals surface area contributed by atoms with Crippen molar-refractivity contribution in [3.05, 3.63) is 65.7 Å². The van der Waals surface area contributed by atoms with Crippen LogP contribution in [0, 0.1) is 11.3 Å². The molecule has 0 bridgehead atoms. The molecule has 0 saturated carbocycles. The average molecular weight is 278 g/mol. The summed E-state index contributed by atoms with van der Waals surface area (Å²) < 4.78 is 0. The van der Waals surface area contributed by atoms with Crippen molar-refractivity contribution in [1.82, 2.24) is 0 Å². The molecular weight excluding hydrogens is 256 g/mol. The van der Waals surface area contributed by atoms with Gasteiger partial charge in [0.05, 0.1) is 11.3 Å². The van der Waals surface area contributed by atoms with E-state index in [0.717, 1.165) is 12.1 Å². The Morgan fingerprint density at radius 3 is 2.33 bits per heavy atom. The third-order valence-electron chi connectivity index (χ3n) is 3.82. The van der Waals surface area contributed by atoms with Crippen molar-refractivity contribution in [2.24, 2.45) is 0 Å². The molecule has 0 aromatic heterocycles. The fraction of sp³-hybridized carbons (Fsp3) is 0.316. The third kappa shape index (κ3) is 3.86. The molecule has 1 N–H and O–H groups in total. The van der Waals surface area contributed by atoms with Gasteiger partial charge in [-0.1, -0.05) is 56.3 Å². The molecule has 21 heavy (non-hydrogen) atoms. The van der Waals surface area contributed by atoms with Gasteiger partial charge in [0.2, 0.25) is 0 Å². The van der Waals surface area contributed by atoms with Crippen LogP contribution >= 0.6 is 0 Å². The van der Waals surface area contributed by atoms with Crippen molar-refractivity contribution in [3.8, 4) is 6.07 Å². The molecule has 0 fully saturated rings. The Hall–Kier alpha value is -2.27. The second kappa shape index (κ2) is 6.45. The zero-order valence-corrected chi connectivity index (χ0v) is 12.9. The molecular formula is C19H22N2. The van der Waals surface area contributed by atoms with E-state index >= 15 is 0 Å². The van der Waals surface area contributed by atoms with Crippen molar-refractivity contribution >= 4 is 5.69 Å². The van der Waals surface area contributed by atoms with Gasteiger partial charge in [-0.2, -0.15) is 5.26 Å². The smallest absolute Gasteiger partial charge is 0.101 e. The zero-order valence-electron chi connectivity index (χ0n) is 12.9. The van der Waals surface area contributed by atoms with Gasteiger partial charge >= 0.3 is 0 Å². The van der Waals surface area contributed by atoms with Gasteiger partial charge in [0.1, 0.15) is 6.07 Å². The first-order valence-corrected chi connectivity index (χ1v) is 7.34. The molecule has 0 saturated heterocycles. The number of nitriles is 1. The maximum Gasteiger partial charge on any atom is 0.101 e. The number of anilines is 1. The van der Waals surface area contributed by atoms with Gasteiger partial charge in [0, 0.05) is 6.04 Å². The van der Waals surface area contributed by atoms with E-state index in [0.29, 0.717) is 5.56 Å². The number of hydrogen-bond donors (Lipinski definition) is 1. The van der Waals surface area contributed by atoms with E-state index in [1.807, 2.05) is 30.3 Å². The predicted molar refractivity (Wildman–Crippen MR) is 88.3 cm³/mol. The summed E-state index contributed by atoms with van der Waals surface area (Å²) in [4.78, 5) is 0. The maximum atomic E-state index is 9.15. The fourth-order valence-electron chi connectivity index (χ4n) is 2.80. The highest BCUT2D eigenvalue weighted by molar-refractivity contribution is 5.57. The number of hydrogen-bond acceptors (Lipinski definition) is 2. The van der Waals surface area contributed by atoms with Gasteiger partial charge < -0.3 is 5.32 Å². The second-order valence-corrected chi connectivity index (χ2v) is 6.16. The van der Waals surface area contributed by atoms with Crippen molar-refractivity contribution in [3.63, 3.8) is 0 Å². The maximum absolute atomic E-state index is 9.15. The Bertz CT molecular complexity index is 624. The Morgan fingerprint density at radius 2 is 1.67 bits per heavy atom. The van der Waals surface area contributed by atoms with E-state index in [-0.39, 0.29) is 11.5 Å². The highest BCUT2D eigenvalue weighted by Gasteiger charge is 2.23. The van der Waals surface area contributed by atoms with Gasteiger partial charge in [-0.3, -0.25) is 0 Å². The Balaban J connectivity index is 2.08. The van der Waals surface area contributed by atoms with Crippen LogP contribution in [0.4, 0.5) is 5.69 Å². The summed E-state index contributed by atoms with van der Waals surface area (Å²) in [5.41, 5.74) is 3.04. The summed E-state index contributed by atoms with van der Waals surface area (Å²) >= 11 is 0. The highest BCUT2D eigenvalue weighted by Crippen LogP contribution is 2.29. The van der Waals surface area contributed by atoms with E-state index in [2.05, 4.69) is 56.4 Å². The van der Waals surface area contributed by atoms with Crippen LogP contribution in [-0.4, -0.2) is 6.04 Å². The zero-order chi connectivity index (χ0) is 15.3. The molecule has 0 aliphatic heterocycles. The molecule has 2 rings (SSSR count). The molecule has 2 nitrogen and oxygen atoms in total. The van der Waals surface area contributed by atoms with E-state index in [9.17, 15) is 0 Å². The van der Waals surface area contributed by atoms with E-state index in [4.69, 9.17) is 5.26 Å². The van der Waals surface area contributed by atoms with E-state index < -0.39 is 0 Å². The van der Waals surface area contributed by atoms with E-state index in [1.165, 1.54) is 5.56 Å². The number of nitrogens with one attached hydrogen (secondary N) is 1. The molecule has 108 valence electrons. The quantitative estimate of drug-likeness (QED) is 0.858. The summed E-state index contributed by atoms with van der Waals surface area (Å²) in [5, 5.41) is 12.6. The normalized spacial score (nSPS) is 12.5. The number of rotatable bonds is 5. The van der Waals surface area contributed by atoms with Crippen LogP contribution < -0.4 is 5.32 Å². The van der Waals surface area contributed by atoms with Crippen LogP contribution in [0.25, 0.3) is 0 Å². The van der Waals surface area contributed by atoms with Crippen molar-refractivity contribution in [1.29, 1.82) is 5.26 Å². The number of nitrogens with zero attached hydrogens (tertiary/aromatic N) is 1. The fourth-order valence-corrected chi connectivity index (χ4v) is 2.80. The summed E-state index contributed by atoms with van der Waals surface area (Å²) in [5.74, 6) is 0. The summed E-state index contributed by atoms with van der Waals surface area (Å²) in [6.45, 7) is 6.69. The molecule has 1 atom stereocenters. The lowest BCUT2D eigenvalue weighted by Gasteiger charge is -2.29. The Morgan fingerprint density at radius 1 is 1.05 bits per heavy atom. The summed E-state index contributed by atoms with van der Waals surface area (Å²) in [6.07, 6.45) is 0.997. The van der Waals surface area contributed by atoms with Gasteiger partial charge in [0.15, 0.2) is 0 Å². The van der Waals surface area contributed by atoms with Crippen LogP contribution in [0.1, 0.15) is 38.3 Å². The minimum Gasteiger partial charge on any atom is -0.381 e. The first-order chi connectivity index (χ1) is 10.0. The van der Waals surface area contributed by atoms with Gasteiger partial charge in [-0.25, -0.2) is 0 Å². The third-order valence-corrected chi connectivity index (χ3v) is 3.82. The minimum atomic E-state index is 0.0925. The average Bonchev–Trinajstić information content (AvgIpc) is 2.48. The molecule has 0 amide bonds. The lowest BCUT2D eigenvalue weighted by Crippen LogP contribution is -2.28. The standard InChI is InChI=1S/C19H22N2/c1-15(21-18-12-8-7-9-16(18)14-20)13-19(2,3)17-10-5-4-6-11-17/h4-12,15,21H,13H2,1-3H3. The van der Waals surface area contributed by atoms with Crippen LogP contribution in [0.15, 0.2) is 54.6 Å². The largest absolute Gasteiger partial charge is 0.381 e. The van der Waals surface area contributed by atoms with Crippen molar-refractivity contribution in [2.75, 3.05) is 5.32 Å². The minimum absolute atomic E-state index is 0.0925. The first-order valence-electron chi connectivity index (χ1n) is 7.34. The van der Waals surface area contributed by atoms with Gasteiger partial charge in [-0.15, -0.1) is 0 Å². The van der Waals surface area contributed by atoms with E-state index in [1.54, 1.807) is 0 Å². The molecule has 2 aromatic carbocycles. The molecule has 2 aromatic rings. The molecule has 0 aliphatic carbocycles. The van der Waals surface area contributed by atoms with Crippen LogP contribution in [-0.2, 0) is 5.41 Å². The molecule has 0 radical (unpaired) electrons. The summed E-state index contributed by atoms with van der Waals surface area (Å²) in [7, 11) is 0. The predicted octanol–water partition coefficient (Wildman–Crippen LogP) is 4.73. The number of para-hydroxylation sites is 1. The highest BCUT2D eigenvalue weighted by atomic mass is 14.9. The monoisotopic (exact) mass is 278 g/mol. The topological polar surface area (TPSA) is 35.8 Å². The lowest BCUT2D eigenvalue weighted by molar-refractivity contribution is 0.450. The Labute approximate surface area is 127 Å². The Kier molecular flexibility index (Phi) is 4.65. The van der Waals surface area contributed by atoms with Crippen molar-refractivity contribution < 1.29 is 0 Å². The van der Waals surface area contributed by atoms with Gasteiger partial charge in [0.25, 0.3) is 0 Å². The molecule has 2 heteroatoms. The van der Waals surface area contributed by atoms with Crippen LogP contribution in [0.5, 0.6) is 0 Å². The first kappa shape index (κ1) is 15.1. The lowest BCUT2D eigenvalue weighted by atomic mass is 9.79. The molecule has 0 aliphatic rings. The molecule has 0 spiro atoms. The molecule has 1 unspecified atom stereocenters. The SMILES string of the molecule is CC(CC(C)(C)c1ccccc1)Nc1ccccc1C#N.